The van der Waals surface area contributed by atoms with E-state index in [2.05, 4.69) is 0 Å². The Morgan fingerprint density at radius 2 is 2.00 bits per heavy atom. The Hall–Kier alpha value is -0.580. The van der Waals surface area contributed by atoms with E-state index >= 15 is 0 Å². The van der Waals surface area contributed by atoms with Crippen LogP contribution < -0.4 is 5.11 Å². The van der Waals surface area contributed by atoms with Crippen LogP contribution in [0.15, 0.2) is 0 Å². The molecule has 0 N–H and O–H groups in total. The van der Waals surface area contributed by atoms with E-state index in [4.69, 9.17) is 0 Å². The Morgan fingerprint density at radius 1 is 1.56 bits per heavy atom. The maximum Gasteiger partial charge on any atom is 0.377 e. The summed E-state index contributed by atoms with van der Waals surface area (Å²) in [7, 11) is 0. The summed E-state index contributed by atoms with van der Waals surface area (Å²) >= 11 is 0. The molecule has 0 fully saturated rings. The minimum Gasteiger partial charge on any atom is -0.845 e. The first-order valence-corrected chi connectivity index (χ1v) is 2.14. The Morgan fingerprint density at radius 3 is 2.11 bits per heavy atom. The Kier molecular flexibility index (Phi) is 2.64. The SMILES string of the molecule is O=CCC([O-])C(F)(F)F. The third-order valence-electron chi connectivity index (χ3n) is 0.675. The summed E-state index contributed by atoms with van der Waals surface area (Å²) in [5.41, 5.74) is 0. The summed E-state index contributed by atoms with van der Waals surface area (Å²) in [6.45, 7) is 0. The maximum atomic E-state index is 11.2. The van der Waals surface area contributed by atoms with Crippen LogP contribution in [-0.4, -0.2) is 18.6 Å². The molecule has 5 heteroatoms. The number of halogens is 3. The molecule has 0 rings (SSSR count). The van der Waals surface area contributed by atoms with Gasteiger partial charge in [-0.15, -0.1) is 0 Å². The minimum atomic E-state index is -4.78. The molecule has 0 aliphatic carbocycles. The number of carbonyl (C=O) groups is 1. The fourth-order valence-corrected chi connectivity index (χ4v) is 0.221. The van der Waals surface area contributed by atoms with Gasteiger partial charge in [0.15, 0.2) is 0 Å². The van der Waals surface area contributed by atoms with Crippen LogP contribution in [0.1, 0.15) is 6.42 Å². The molecular formula is C4H4F3O2-. The second-order valence-corrected chi connectivity index (χ2v) is 1.43. The summed E-state index contributed by atoms with van der Waals surface area (Å²) in [5, 5.41) is 9.79. The van der Waals surface area contributed by atoms with Gasteiger partial charge in [-0.05, 0) is 12.5 Å². The van der Waals surface area contributed by atoms with Gasteiger partial charge in [0.05, 0.1) is 0 Å². The van der Waals surface area contributed by atoms with Crippen LogP contribution >= 0.6 is 0 Å². The van der Waals surface area contributed by atoms with Crippen LogP contribution in [0.2, 0.25) is 0 Å². The van der Waals surface area contributed by atoms with Crippen molar-refractivity contribution >= 4 is 6.29 Å². The summed E-state index contributed by atoms with van der Waals surface area (Å²) in [4.78, 5) is 9.36. The summed E-state index contributed by atoms with van der Waals surface area (Å²) in [6.07, 6.45) is -8.56. The van der Waals surface area contributed by atoms with Crippen LogP contribution in [0.3, 0.4) is 0 Å². The molecule has 1 unspecified atom stereocenters. The molecule has 0 bridgehead atoms. The third kappa shape index (κ3) is 3.07. The number of hydrogen-bond acceptors (Lipinski definition) is 2. The number of carbonyl (C=O) groups excluding carboxylic acids is 1. The van der Waals surface area contributed by atoms with Crippen molar-refractivity contribution in [2.75, 3.05) is 0 Å². The molecular weight excluding hydrogens is 137 g/mol. The number of alkyl halides is 3. The zero-order valence-electron chi connectivity index (χ0n) is 4.31. The lowest BCUT2D eigenvalue weighted by molar-refractivity contribution is -0.478. The number of rotatable bonds is 2. The lowest BCUT2D eigenvalue weighted by Crippen LogP contribution is -2.40. The van der Waals surface area contributed by atoms with Crippen molar-refractivity contribution in [2.45, 2.75) is 18.7 Å². The summed E-state index contributed by atoms with van der Waals surface area (Å²) in [6, 6.07) is 0. The second kappa shape index (κ2) is 2.82. The van der Waals surface area contributed by atoms with Crippen LogP contribution in [-0.2, 0) is 4.79 Å². The molecule has 1 atom stereocenters. The zero-order valence-corrected chi connectivity index (χ0v) is 4.31. The maximum absolute atomic E-state index is 11.2. The highest BCUT2D eigenvalue weighted by atomic mass is 19.4. The lowest BCUT2D eigenvalue weighted by atomic mass is 10.3. The van der Waals surface area contributed by atoms with Crippen molar-refractivity contribution in [1.29, 1.82) is 0 Å². The molecule has 0 aromatic rings. The van der Waals surface area contributed by atoms with Gasteiger partial charge in [-0.2, -0.15) is 13.2 Å². The van der Waals surface area contributed by atoms with Crippen LogP contribution in [0.5, 0.6) is 0 Å². The van der Waals surface area contributed by atoms with Crippen molar-refractivity contribution in [2.24, 2.45) is 0 Å². The molecule has 0 aliphatic heterocycles. The van der Waals surface area contributed by atoms with E-state index in [9.17, 15) is 23.1 Å². The van der Waals surface area contributed by atoms with Gasteiger partial charge < -0.3 is 9.90 Å². The van der Waals surface area contributed by atoms with Crippen molar-refractivity contribution in [1.82, 2.24) is 0 Å². The molecule has 9 heavy (non-hydrogen) atoms. The molecule has 0 heterocycles. The molecule has 54 valence electrons. The van der Waals surface area contributed by atoms with Crippen LogP contribution in [0, 0.1) is 0 Å². The zero-order chi connectivity index (χ0) is 7.49. The minimum absolute atomic E-state index is 0.0366. The van der Waals surface area contributed by atoms with E-state index in [0.717, 1.165) is 0 Å². The number of aldehydes is 1. The summed E-state index contributed by atoms with van der Waals surface area (Å²) in [5.74, 6) is 0. The molecule has 0 aliphatic rings. The lowest BCUT2D eigenvalue weighted by Gasteiger charge is -2.21. The average Bonchev–Trinajstić information content (AvgIpc) is 1.64. The molecule has 0 spiro atoms. The Labute approximate surface area is 49.3 Å². The fraction of sp³-hybridized carbons (Fsp3) is 0.750. The molecule has 0 radical (unpaired) electrons. The largest absolute Gasteiger partial charge is 0.845 e. The van der Waals surface area contributed by atoms with Gasteiger partial charge in [0.25, 0.3) is 0 Å². The predicted molar refractivity (Wildman–Crippen MR) is 20.5 cm³/mol. The van der Waals surface area contributed by atoms with E-state index in [1.807, 2.05) is 0 Å². The fourth-order valence-electron chi connectivity index (χ4n) is 0.221. The Balaban J connectivity index is 3.72. The van der Waals surface area contributed by atoms with E-state index in [1.165, 1.54) is 0 Å². The van der Waals surface area contributed by atoms with Crippen molar-refractivity contribution in [3.63, 3.8) is 0 Å². The first kappa shape index (κ1) is 8.42. The topological polar surface area (TPSA) is 40.1 Å². The van der Waals surface area contributed by atoms with E-state index in [-0.39, 0.29) is 6.29 Å². The van der Waals surface area contributed by atoms with Gasteiger partial charge in [0.1, 0.15) is 6.29 Å². The van der Waals surface area contributed by atoms with E-state index < -0.39 is 18.7 Å². The first-order chi connectivity index (χ1) is 3.98. The van der Waals surface area contributed by atoms with Gasteiger partial charge in [0, 0.05) is 0 Å². The average molecular weight is 141 g/mol. The van der Waals surface area contributed by atoms with Gasteiger partial charge >= 0.3 is 6.18 Å². The molecule has 0 aromatic heterocycles. The normalized spacial score (nSPS) is 15.1. The van der Waals surface area contributed by atoms with E-state index in [1.54, 1.807) is 0 Å². The quantitative estimate of drug-likeness (QED) is 0.502. The number of hydrogen-bond donors (Lipinski definition) is 0. The smallest absolute Gasteiger partial charge is 0.377 e. The molecule has 2 nitrogen and oxygen atoms in total. The predicted octanol–water partition coefficient (Wildman–Crippen LogP) is -0.133. The van der Waals surface area contributed by atoms with Crippen molar-refractivity contribution in [3.8, 4) is 0 Å². The van der Waals surface area contributed by atoms with Gasteiger partial charge in [-0.3, -0.25) is 0 Å². The van der Waals surface area contributed by atoms with E-state index in [0.29, 0.717) is 0 Å². The molecule has 0 saturated carbocycles. The standard InChI is InChI=1S/C4H4F3O2/c5-4(6,7)3(9)1-2-8/h2-3H,1H2/q-1. The van der Waals surface area contributed by atoms with Crippen LogP contribution in [0.25, 0.3) is 0 Å². The highest BCUT2D eigenvalue weighted by Gasteiger charge is 2.29. The molecule has 0 amide bonds. The van der Waals surface area contributed by atoms with Crippen LogP contribution in [0.4, 0.5) is 13.2 Å². The first-order valence-electron chi connectivity index (χ1n) is 2.14. The van der Waals surface area contributed by atoms with Gasteiger partial charge in [0.2, 0.25) is 0 Å². The Bertz CT molecular complexity index is 98.5. The second-order valence-electron chi connectivity index (χ2n) is 1.43. The highest BCUT2D eigenvalue weighted by molar-refractivity contribution is 5.50. The highest BCUT2D eigenvalue weighted by Crippen LogP contribution is 2.19. The molecule has 0 saturated heterocycles. The molecule has 0 aromatic carbocycles. The van der Waals surface area contributed by atoms with Crippen molar-refractivity contribution in [3.05, 3.63) is 0 Å². The monoisotopic (exact) mass is 141 g/mol. The van der Waals surface area contributed by atoms with Crippen molar-refractivity contribution < 1.29 is 23.1 Å². The van der Waals surface area contributed by atoms with Gasteiger partial charge in [-0.1, -0.05) is 0 Å². The van der Waals surface area contributed by atoms with Gasteiger partial charge in [-0.25, -0.2) is 0 Å². The third-order valence-corrected chi connectivity index (χ3v) is 0.675. The summed E-state index contributed by atoms with van der Waals surface area (Å²) < 4.78 is 33.5.